The maximum atomic E-state index is 0. The van der Waals surface area contributed by atoms with Crippen LogP contribution < -0.4 is 0 Å². The van der Waals surface area contributed by atoms with Gasteiger partial charge in [-0.15, -0.1) is 0 Å². The zero-order chi connectivity index (χ0) is 0. The van der Waals surface area contributed by atoms with Gasteiger partial charge in [0.25, 0.3) is 0 Å². The van der Waals surface area contributed by atoms with Crippen molar-refractivity contribution in [1.82, 2.24) is 0 Å². The second kappa shape index (κ2) is 906. The molecular formula is H7AlO5. The average molecular weight is 114 g/mol. The molecule has 0 rings (SSSR count). The maximum Gasteiger partial charge on any atom is 3.00 e. The summed E-state index contributed by atoms with van der Waals surface area (Å²) < 4.78 is 0. The topological polar surface area (TPSA) is 153 Å². The van der Waals surface area contributed by atoms with Crippen molar-refractivity contribution in [2.75, 3.05) is 0 Å². The Morgan fingerprint density at radius 2 is 0.667 bits per heavy atom. The van der Waals surface area contributed by atoms with E-state index in [0.717, 1.165) is 0 Å². The van der Waals surface area contributed by atoms with E-state index in [2.05, 4.69) is 0 Å². The van der Waals surface area contributed by atoms with Gasteiger partial charge in [0.1, 0.15) is 0 Å². The molecule has 0 unspecified atom stereocenters. The Bertz CT molecular complexity index is 3.90. The van der Waals surface area contributed by atoms with Gasteiger partial charge >= 0.3 is 17.4 Å². The molecule has 7 N–H and O–H groups in total. The molecule has 0 saturated carbocycles. The van der Waals surface area contributed by atoms with Gasteiger partial charge in [-0.2, -0.15) is 0 Å². The van der Waals surface area contributed by atoms with Crippen molar-refractivity contribution in [3.8, 4) is 0 Å². The molecule has 40 valence electrons. The standard InChI is InChI=1S/Al.4H2O.O/h;4*1H2;/q+3;;;;;-2/p-1. The third kappa shape index (κ3) is 435. The zero-order valence-corrected chi connectivity index (χ0v) is 4.09. The first-order chi connectivity index (χ1) is 0. The van der Waals surface area contributed by atoms with E-state index in [0.29, 0.717) is 0 Å². The van der Waals surface area contributed by atoms with E-state index in [1.807, 2.05) is 0 Å². The first-order valence-electron chi connectivity index (χ1n) is 0. The second-order valence-electron chi connectivity index (χ2n) is 0. The van der Waals surface area contributed by atoms with Crippen molar-refractivity contribution in [1.29, 1.82) is 0 Å². The molecule has 0 spiro atoms. The van der Waals surface area contributed by atoms with E-state index in [-0.39, 0.29) is 44.7 Å². The summed E-state index contributed by atoms with van der Waals surface area (Å²) in [4.78, 5) is 0. The van der Waals surface area contributed by atoms with Gasteiger partial charge < -0.3 is 27.4 Å². The summed E-state index contributed by atoms with van der Waals surface area (Å²) in [5, 5.41) is 0. The van der Waals surface area contributed by atoms with Crippen LogP contribution in [-0.2, 0) is 5.48 Å². The summed E-state index contributed by atoms with van der Waals surface area (Å²) in [5.74, 6) is 0. The van der Waals surface area contributed by atoms with Gasteiger partial charge in [-0.3, -0.25) is 0 Å². The van der Waals surface area contributed by atoms with Crippen LogP contribution in [0.4, 0.5) is 0 Å². The molecule has 0 aliphatic carbocycles. The van der Waals surface area contributed by atoms with Crippen molar-refractivity contribution < 1.29 is 27.4 Å². The Morgan fingerprint density at radius 3 is 0.667 bits per heavy atom. The molecule has 0 aromatic rings. The molecule has 5 nitrogen and oxygen atoms in total. The Morgan fingerprint density at radius 1 is 0.667 bits per heavy atom. The average Bonchev–Trinajstić information content (AvgIpc) is 0. The number of rotatable bonds is 0. The second-order valence-corrected chi connectivity index (χ2v) is 0. The number of hydrogen-bond acceptors (Lipinski definition) is 1. The van der Waals surface area contributed by atoms with E-state index in [4.69, 9.17) is 0 Å². The van der Waals surface area contributed by atoms with Crippen LogP contribution in [0.2, 0.25) is 0 Å². The van der Waals surface area contributed by atoms with E-state index >= 15 is 0 Å². The van der Waals surface area contributed by atoms with Crippen LogP contribution in [0.1, 0.15) is 0 Å². The Kier molecular flexibility index (Phi) is 246000. The quantitative estimate of drug-likeness (QED) is 0.300. The predicted octanol–water partition coefficient (Wildman–Crippen LogP) is -3.15. The van der Waals surface area contributed by atoms with Crippen molar-refractivity contribution in [3.05, 3.63) is 0 Å². The van der Waals surface area contributed by atoms with Crippen LogP contribution in [0.15, 0.2) is 0 Å². The van der Waals surface area contributed by atoms with Gasteiger partial charge in [0, 0.05) is 0 Å². The van der Waals surface area contributed by atoms with Crippen molar-refractivity contribution >= 4 is 17.4 Å². The molecule has 0 aliphatic rings. The zero-order valence-electron chi connectivity index (χ0n) is 2.93. The van der Waals surface area contributed by atoms with Crippen LogP contribution in [0.5, 0.6) is 0 Å². The van der Waals surface area contributed by atoms with E-state index < -0.39 is 0 Å². The minimum atomic E-state index is 0. The normalized spacial score (nSPS) is 0. The van der Waals surface area contributed by atoms with Crippen LogP contribution in [-0.4, -0.2) is 39.3 Å². The Balaban J connectivity index is 0. The summed E-state index contributed by atoms with van der Waals surface area (Å²) in [7, 11) is 0. The van der Waals surface area contributed by atoms with Gasteiger partial charge in [-0.25, -0.2) is 0 Å². The van der Waals surface area contributed by atoms with Crippen LogP contribution in [0.25, 0.3) is 0 Å². The fourth-order valence-electron chi connectivity index (χ4n) is 0. The molecule has 0 aromatic heterocycles. The summed E-state index contributed by atoms with van der Waals surface area (Å²) in [5.41, 5.74) is 0. The molecule has 0 aliphatic heterocycles. The van der Waals surface area contributed by atoms with E-state index in [1.165, 1.54) is 0 Å². The minimum absolute atomic E-state index is 0. The third-order valence-corrected chi connectivity index (χ3v) is 0. The molecule has 0 saturated heterocycles. The predicted molar refractivity (Wildman–Crippen MR) is 19.2 cm³/mol. The molecule has 0 radical (unpaired) electrons. The van der Waals surface area contributed by atoms with Crippen molar-refractivity contribution in [3.63, 3.8) is 0 Å². The first kappa shape index (κ1) is 1630. The van der Waals surface area contributed by atoms with Crippen molar-refractivity contribution in [2.24, 2.45) is 0 Å². The van der Waals surface area contributed by atoms with E-state index in [9.17, 15) is 0 Å². The Labute approximate surface area is 45.6 Å². The molecule has 6 heavy (non-hydrogen) atoms. The minimum Gasteiger partial charge on any atom is -2.00 e. The fraction of sp³-hybridized carbons (Fsp3) is 0. The van der Waals surface area contributed by atoms with Gasteiger partial charge in [0.05, 0.1) is 0 Å². The largest absolute Gasteiger partial charge is 3.00 e. The summed E-state index contributed by atoms with van der Waals surface area (Å²) in [6.45, 7) is 0. The summed E-state index contributed by atoms with van der Waals surface area (Å²) in [6, 6.07) is 0. The third-order valence-electron chi connectivity index (χ3n) is 0. The molecule has 0 atom stereocenters. The van der Waals surface area contributed by atoms with Gasteiger partial charge in [-0.1, -0.05) is 0 Å². The monoisotopic (exact) mass is 114 g/mol. The molecule has 0 bridgehead atoms. The molecule has 0 fully saturated rings. The molecule has 0 amide bonds. The summed E-state index contributed by atoms with van der Waals surface area (Å²) >= 11 is 0. The van der Waals surface area contributed by atoms with Gasteiger partial charge in [0.15, 0.2) is 0 Å². The molecular weight excluding hydrogens is 107 g/mol. The Hall–Kier alpha value is 0.332. The van der Waals surface area contributed by atoms with Crippen molar-refractivity contribution in [2.45, 2.75) is 0 Å². The molecule has 6 heteroatoms. The van der Waals surface area contributed by atoms with Gasteiger partial charge in [0.2, 0.25) is 0 Å². The first-order valence-corrected chi connectivity index (χ1v) is 0. The smallest absolute Gasteiger partial charge is 2.00 e. The van der Waals surface area contributed by atoms with Gasteiger partial charge in [-0.05, 0) is 0 Å². The van der Waals surface area contributed by atoms with E-state index in [1.54, 1.807) is 0 Å². The summed E-state index contributed by atoms with van der Waals surface area (Å²) in [6.07, 6.45) is 0. The fourth-order valence-corrected chi connectivity index (χ4v) is 0. The van der Waals surface area contributed by atoms with Crippen LogP contribution >= 0.6 is 0 Å². The van der Waals surface area contributed by atoms with Crippen LogP contribution in [0, 0.1) is 0 Å². The molecule has 0 aromatic carbocycles. The van der Waals surface area contributed by atoms with Crippen LogP contribution in [0.3, 0.4) is 0 Å². The maximum absolute atomic E-state index is 0. The molecule has 0 heterocycles. The number of hydrogen-bond donors (Lipinski definition) is 0. The SMILES string of the molecule is O.O.O.[Al+3].[O-2].[OH-].